The van der Waals surface area contributed by atoms with Crippen molar-refractivity contribution in [3.8, 4) is 0 Å². The van der Waals surface area contributed by atoms with Gasteiger partial charge in [-0.2, -0.15) is 0 Å². The molecule has 1 aliphatic rings. The van der Waals surface area contributed by atoms with Gasteiger partial charge in [-0.1, -0.05) is 13.3 Å². The van der Waals surface area contributed by atoms with Crippen LogP contribution in [0.25, 0.3) is 0 Å². The molecule has 1 aliphatic heterocycles. The first-order valence-corrected chi connectivity index (χ1v) is 5.26. The first-order chi connectivity index (χ1) is 7.06. The molecule has 1 rings (SSSR count). The van der Waals surface area contributed by atoms with E-state index in [4.69, 9.17) is 5.11 Å². The van der Waals surface area contributed by atoms with Gasteiger partial charge in [-0.05, 0) is 6.42 Å². The summed E-state index contributed by atoms with van der Waals surface area (Å²) in [6.45, 7) is 2.13. The van der Waals surface area contributed by atoms with Crippen molar-refractivity contribution >= 4 is 11.9 Å². The molecule has 15 heavy (non-hydrogen) atoms. The predicted octanol–water partition coefficient (Wildman–Crippen LogP) is 0.223. The number of aliphatic hydroxyl groups is 1. The zero-order valence-electron chi connectivity index (χ0n) is 8.85. The molecule has 0 bridgehead atoms. The number of aliphatic carboxylic acids is 1. The lowest BCUT2D eigenvalue weighted by atomic mass is 10.2. The number of carboxylic acids is 1. The molecule has 1 amide bonds. The van der Waals surface area contributed by atoms with Crippen molar-refractivity contribution in [3.05, 3.63) is 0 Å². The Hall–Kier alpha value is -1.10. The van der Waals surface area contributed by atoms with E-state index in [1.54, 1.807) is 0 Å². The number of amides is 1. The minimum atomic E-state index is -1.03. The number of nitrogens with zero attached hydrogens (tertiary/aromatic N) is 1. The molecule has 0 radical (unpaired) electrons. The summed E-state index contributed by atoms with van der Waals surface area (Å²) in [7, 11) is 0. The van der Waals surface area contributed by atoms with Crippen LogP contribution < -0.4 is 0 Å². The summed E-state index contributed by atoms with van der Waals surface area (Å²) in [5.74, 6) is -1.20. The van der Waals surface area contributed by atoms with Gasteiger partial charge in [-0.15, -0.1) is 0 Å². The van der Waals surface area contributed by atoms with E-state index >= 15 is 0 Å². The highest BCUT2D eigenvalue weighted by Crippen LogP contribution is 2.19. The van der Waals surface area contributed by atoms with Crippen LogP contribution in [0.1, 0.15) is 32.6 Å². The van der Waals surface area contributed by atoms with Gasteiger partial charge in [-0.3, -0.25) is 4.79 Å². The standard InChI is InChI=1S/C10H17NO4/c1-2-3-4-9(13)11-6-7(12)5-8(11)10(14)15/h7-8,12H,2-6H2,1H3,(H,14,15)/t7-,8-/m1/s1. The van der Waals surface area contributed by atoms with Gasteiger partial charge in [0.15, 0.2) is 0 Å². The number of hydrogen-bond acceptors (Lipinski definition) is 3. The van der Waals surface area contributed by atoms with Gasteiger partial charge in [0.2, 0.25) is 5.91 Å². The summed E-state index contributed by atoms with van der Waals surface area (Å²) in [6, 6.07) is -0.843. The summed E-state index contributed by atoms with van der Waals surface area (Å²) < 4.78 is 0. The highest BCUT2D eigenvalue weighted by atomic mass is 16.4. The van der Waals surface area contributed by atoms with Crippen molar-refractivity contribution in [3.63, 3.8) is 0 Å². The second kappa shape index (κ2) is 5.11. The smallest absolute Gasteiger partial charge is 0.326 e. The largest absolute Gasteiger partial charge is 0.480 e. The third-order valence-corrected chi connectivity index (χ3v) is 2.63. The highest BCUT2D eigenvalue weighted by Gasteiger charge is 2.38. The molecular formula is C10H17NO4. The Morgan fingerprint density at radius 1 is 1.47 bits per heavy atom. The van der Waals surface area contributed by atoms with Crippen LogP contribution in [0.4, 0.5) is 0 Å². The van der Waals surface area contributed by atoms with Crippen LogP contribution in [0.5, 0.6) is 0 Å². The lowest BCUT2D eigenvalue weighted by Gasteiger charge is -2.20. The number of carbonyl (C=O) groups excluding carboxylic acids is 1. The van der Waals surface area contributed by atoms with E-state index in [-0.39, 0.29) is 18.9 Å². The first-order valence-electron chi connectivity index (χ1n) is 5.26. The molecule has 1 heterocycles. The van der Waals surface area contributed by atoms with Crippen molar-refractivity contribution in [2.75, 3.05) is 6.54 Å². The van der Waals surface area contributed by atoms with Crippen LogP contribution in [-0.4, -0.2) is 45.7 Å². The van der Waals surface area contributed by atoms with E-state index in [0.29, 0.717) is 6.42 Å². The van der Waals surface area contributed by atoms with Crippen LogP contribution in [0, 0.1) is 0 Å². The Morgan fingerprint density at radius 3 is 2.67 bits per heavy atom. The zero-order chi connectivity index (χ0) is 11.4. The summed E-state index contributed by atoms with van der Waals surface area (Å²) in [4.78, 5) is 23.7. The molecule has 0 aromatic rings. The molecule has 0 spiro atoms. The fraction of sp³-hybridized carbons (Fsp3) is 0.800. The maximum atomic E-state index is 11.6. The normalized spacial score (nSPS) is 25.6. The topological polar surface area (TPSA) is 77.8 Å². The minimum absolute atomic E-state index is 0.146. The highest BCUT2D eigenvalue weighted by molar-refractivity contribution is 5.84. The summed E-state index contributed by atoms with van der Waals surface area (Å²) in [6.07, 6.45) is 1.48. The number of carbonyl (C=O) groups is 2. The summed E-state index contributed by atoms with van der Waals surface area (Å²) in [5.41, 5.74) is 0. The van der Waals surface area contributed by atoms with E-state index in [1.165, 1.54) is 4.90 Å². The van der Waals surface area contributed by atoms with Crippen molar-refractivity contribution < 1.29 is 19.8 Å². The molecule has 2 atom stereocenters. The van der Waals surface area contributed by atoms with E-state index in [2.05, 4.69) is 0 Å². The SMILES string of the molecule is CCCCC(=O)N1C[C@H](O)C[C@@H]1C(=O)O. The van der Waals surface area contributed by atoms with E-state index in [9.17, 15) is 14.7 Å². The van der Waals surface area contributed by atoms with Gasteiger partial charge in [-0.25, -0.2) is 4.79 Å². The molecule has 0 aromatic heterocycles. The molecule has 0 unspecified atom stereocenters. The molecule has 5 heteroatoms. The lowest BCUT2D eigenvalue weighted by molar-refractivity contribution is -0.148. The van der Waals surface area contributed by atoms with Crippen LogP contribution >= 0.6 is 0 Å². The van der Waals surface area contributed by atoms with E-state index < -0.39 is 18.1 Å². The molecular weight excluding hydrogens is 198 g/mol. The maximum Gasteiger partial charge on any atom is 0.326 e. The number of rotatable bonds is 4. The second-order valence-corrected chi connectivity index (χ2v) is 3.89. The van der Waals surface area contributed by atoms with Crippen LogP contribution in [0.15, 0.2) is 0 Å². The Balaban J connectivity index is 2.58. The predicted molar refractivity (Wildman–Crippen MR) is 53.3 cm³/mol. The number of hydrogen-bond donors (Lipinski definition) is 2. The van der Waals surface area contributed by atoms with Crippen molar-refractivity contribution in [2.24, 2.45) is 0 Å². The zero-order valence-corrected chi connectivity index (χ0v) is 8.85. The Morgan fingerprint density at radius 2 is 2.13 bits per heavy atom. The monoisotopic (exact) mass is 215 g/mol. The number of unbranched alkanes of at least 4 members (excludes halogenated alkanes) is 1. The molecule has 0 saturated carbocycles. The van der Waals surface area contributed by atoms with Gasteiger partial charge in [0.05, 0.1) is 6.10 Å². The van der Waals surface area contributed by atoms with Gasteiger partial charge >= 0.3 is 5.97 Å². The average Bonchev–Trinajstić information content (AvgIpc) is 2.57. The van der Waals surface area contributed by atoms with E-state index in [0.717, 1.165) is 12.8 Å². The van der Waals surface area contributed by atoms with Crippen LogP contribution in [0.3, 0.4) is 0 Å². The number of carboxylic acid groups (broad SMARTS) is 1. The Bertz CT molecular complexity index is 254. The second-order valence-electron chi connectivity index (χ2n) is 3.89. The average molecular weight is 215 g/mol. The maximum absolute atomic E-state index is 11.6. The van der Waals surface area contributed by atoms with Crippen molar-refractivity contribution in [1.82, 2.24) is 4.90 Å². The number of aliphatic hydroxyl groups excluding tert-OH is 1. The van der Waals surface area contributed by atoms with Crippen LogP contribution in [-0.2, 0) is 9.59 Å². The van der Waals surface area contributed by atoms with Gasteiger partial charge < -0.3 is 15.1 Å². The van der Waals surface area contributed by atoms with Crippen molar-refractivity contribution in [1.29, 1.82) is 0 Å². The fourth-order valence-electron chi connectivity index (χ4n) is 1.80. The lowest BCUT2D eigenvalue weighted by Crippen LogP contribution is -2.40. The fourth-order valence-corrected chi connectivity index (χ4v) is 1.80. The molecule has 1 fully saturated rings. The summed E-state index contributed by atoms with van der Waals surface area (Å²) in [5, 5.41) is 18.2. The van der Waals surface area contributed by atoms with Crippen LogP contribution in [0.2, 0.25) is 0 Å². The van der Waals surface area contributed by atoms with Gasteiger partial charge in [0.1, 0.15) is 6.04 Å². The van der Waals surface area contributed by atoms with Gasteiger partial charge in [0, 0.05) is 19.4 Å². The molecule has 0 aliphatic carbocycles. The Kier molecular flexibility index (Phi) is 4.08. The molecule has 86 valence electrons. The van der Waals surface area contributed by atoms with Gasteiger partial charge in [0.25, 0.3) is 0 Å². The third kappa shape index (κ3) is 2.92. The van der Waals surface area contributed by atoms with Crippen molar-refractivity contribution in [2.45, 2.75) is 44.8 Å². The number of likely N-dealkylation sites (tertiary alicyclic amines) is 1. The minimum Gasteiger partial charge on any atom is -0.480 e. The van der Waals surface area contributed by atoms with E-state index in [1.807, 2.05) is 6.92 Å². The summed E-state index contributed by atoms with van der Waals surface area (Å²) >= 11 is 0. The first kappa shape index (κ1) is 12.0. The quantitative estimate of drug-likeness (QED) is 0.703. The third-order valence-electron chi connectivity index (χ3n) is 2.63. The molecule has 2 N–H and O–H groups in total. The molecule has 5 nitrogen and oxygen atoms in total. The molecule has 0 aromatic carbocycles. The number of β-amino-alcohol motifs (C(OH)–C–C–N with tert-alkyl or cyclic N) is 1. The molecule has 1 saturated heterocycles. The Labute approximate surface area is 88.7 Å².